The first-order chi connectivity index (χ1) is 9.08. The smallest absolute Gasteiger partial charge is 0.258 e. The fourth-order valence-corrected chi connectivity index (χ4v) is 2.63. The van der Waals surface area contributed by atoms with Crippen LogP contribution in [0.15, 0.2) is 16.7 Å². The van der Waals surface area contributed by atoms with Crippen molar-refractivity contribution in [3.05, 3.63) is 23.1 Å². The summed E-state index contributed by atoms with van der Waals surface area (Å²) in [4.78, 5) is 14.2. The molecule has 1 saturated heterocycles. The maximum atomic E-state index is 12.3. The van der Waals surface area contributed by atoms with Crippen LogP contribution in [0.25, 0.3) is 0 Å². The minimum absolute atomic E-state index is 0.0204. The van der Waals surface area contributed by atoms with E-state index in [-0.39, 0.29) is 11.1 Å². The third-order valence-electron chi connectivity index (χ3n) is 3.47. The van der Waals surface area contributed by atoms with Crippen molar-refractivity contribution in [2.24, 2.45) is 5.92 Å². The zero-order valence-corrected chi connectivity index (χ0v) is 12.2. The molecule has 19 heavy (non-hydrogen) atoms. The predicted octanol–water partition coefficient (Wildman–Crippen LogP) is 2.78. The van der Waals surface area contributed by atoms with Crippen LogP contribution in [0.2, 0.25) is 5.22 Å². The number of furan rings is 1. The first-order valence-corrected chi connectivity index (χ1v) is 7.21. The first kappa shape index (κ1) is 14.4. The van der Waals surface area contributed by atoms with E-state index in [0.29, 0.717) is 17.5 Å². The number of piperidine rings is 1. The van der Waals surface area contributed by atoms with Gasteiger partial charge in [0.05, 0.1) is 11.8 Å². The van der Waals surface area contributed by atoms with Crippen LogP contribution in [-0.2, 0) is 0 Å². The largest absolute Gasteiger partial charge is 0.452 e. The minimum atomic E-state index is -0.0204. The Morgan fingerprint density at radius 2 is 2.42 bits per heavy atom. The van der Waals surface area contributed by atoms with Crippen molar-refractivity contribution in [1.29, 1.82) is 0 Å². The van der Waals surface area contributed by atoms with Crippen LogP contribution in [0, 0.1) is 5.92 Å². The molecule has 2 heterocycles. The molecule has 1 N–H and O–H groups in total. The summed E-state index contributed by atoms with van der Waals surface area (Å²) in [6, 6.07) is 2.12. The van der Waals surface area contributed by atoms with Gasteiger partial charge in [0.1, 0.15) is 0 Å². The average molecular weight is 285 g/mol. The van der Waals surface area contributed by atoms with Crippen LogP contribution >= 0.6 is 11.6 Å². The van der Waals surface area contributed by atoms with Crippen molar-refractivity contribution in [3.8, 4) is 0 Å². The highest BCUT2D eigenvalue weighted by Crippen LogP contribution is 2.22. The standard InChI is InChI=1S/C14H21ClN2O2/c1-10(2)16-8-11-4-3-6-17(9-11)14(18)12-5-7-19-13(12)15/h5,7,10-11,16H,3-4,6,8-9H2,1-2H3. The minimum Gasteiger partial charge on any atom is -0.452 e. The maximum Gasteiger partial charge on any atom is 0.258 e. The van der Waals surface area contributed by atoms with Gasteiger partial charge < -0.3 is 14.6 Å². The third kappa shape index (κ3) is 3.74. The summed E-state index contributed by atoms with van der Waals surface area (Å²) >= 11 is 5.87. The van der Waals surface area contributed by atoms with Crippen molar-refractivity contribution in [1.82, 2.24) is 10.2 Å². The Morgan fingerprint density at radius 1 is 1.63 bits per heavy atom. The highest BCUT2D eigenvalue weighted by molar-refractivity contribution is 6.32. The summed E-state index contributed by atoms with van der Waals surface area (Å²) in [5.74, 6) is 0.499. The van der Waals surface area contributed by atoms with Gasteiger partial charge in [0.2, 0.25) is 5.22 Å². The highest BCUT2D eigenvalue weighted by Gasteiger charge is 2.26. The Bertz CT molecular complexity index is 431. The number of amides is 1. The molecular formula is C14H21ClN2O2. The number of halogens is 1. The molecule has 1 atom stereocenters. The SMILES string of the molecule is CC(C)NCC1CCCN(C(=O)c2ccoc2Cl)C1. The van der Waals surface area contributed by atoms with Crippen LogP contribution in [0.3, 0.4) is 0 Å². The highest BCUT2D eigenvalue weighted by atomic mass is 35.5. The van der Waals surface area contributed by atoms with E-state index < -0.39 is 0 Å². The van der Waals surface area contributed by atoms with E-state index in [1.54, 1.807) is 6.07 Å². The average Bonchev–Trinajstić information content (AvgIpc) is 2.82. The van der Waals surface area contributed by atoms with Gasteiger partial charge in [0.15, 0.2) is 0 Å². The molecule has 2 rings (SSSR count). The second-order valence-electron chi connectivity index (χ2n) is 5.43. The molecule has 5 heteroatoms. The molecule has 1 aliphatic heterocycles. The molecule has 0 radical (unpaired) electrons. The van der Waals surface area contributed by atoms with E-state index in [2.05, 4.69) is 19.2 Å². The fraction of sp³-hybridized carbons (Fsp3) is 0.643. The van der Waals surface area contributed by atoms with Gasteiger partial charge in [-0.2, -0.15) is 0 Å². The van der Waals surface area contributed by atoms with Crippen LogP contribution in [0.4, 0.5) is 0 Å². The van der Waals surface area contributed by atoms with Gasteiger partial charge in [-0.05, 0) is 43.0 Å². The van der Waals surface area contributed by atoms with Crippen LogP contribution in [0.1, 0.15) is 37.0 Å². The summed E-state index contributed by atoms with van der Waals surface area (Å²) in [5.41, 5.74) is 0.471. The molecule has 1 unspecified atom stereocenters. The van der Waals surface area contributed by atoms with Gasteiger partial charge in [-0.25, -0.2) is 0 Å². The predicted molar refractivity (Wildman–Crippen MR) is 75.5 cm³/mol. The van der Waals surface area contributed by atoms with Crippen molar-refractivity contribution in [3.63, 3.8) is 0 Å². The Kier molecular flexibility index (Phi) is 4.88. The zero-order valence-electron chi connectivity index (χ0n) is 11.5. The summed E-state index contributed by atoms with van der Waals surface area (Å²) in [5, 5.41) is 3.63. The first-order valence-electron chi connectivity index (χ1n) is 6.83. The van der Waals surface area contributed by atoms with E-state index in [1.807, 2.05) is 4.90 Å². The second-order valence-corrected chi connectivity index (χ2v) is 5.77. The number of likely N-dealkylation sites (tertiary alicyclic amines) is 1. The van der Waals surface area contributed by atoms with Gasteiger partial charge in [-0.15, -0.1) is 0 Å². The number of hydrogen-bond donors (Lipinski definition) is 1. The molecule has 4 nitrogen and oxygen atoms in total. The van der Waals surface area contributed by atoms with Gasteiger partial charge in [-0.3, -0.25) is 4.79 Å². The van der Waals surface area contributed by atoms with Crippen molar-refractivity contribution < 1.29 is 9.21 Å². The van der Waals surface area contributed by atoms with E-state index in [9.17, 15) is 4.79 Å². The van der Waals surface area contributed by atoms with Gasteiger partial charge >= 0.3 is 0 Å². The van der Waals surface area contributed by atoms with Crippen molar-refractivity contribution in [2.45, 2.75) is 32.7 Å². The molecule has 0 saturated carbocycles. The van der Waals surface area contributed by atoms with Crippen molar-refractivity contribution >= 4 is 17.5 Å². The molecular weight excluding hydrogens is 264 g/mol. The lowest BCUT2D eigenvalue weighted by molar-refractivity contribution is 0.0671. The molecule has 1 aliphatic rings. The van der Waals surface area contributed by atoms with Gasteiger partial charge in [0.25, 0.3) is 5.91 Å². The number of hydrogen-bond acceptors (Lipinski definition) is 3. The summed E-state index contributed by atoms with van der Waals surface area (Å²) in [6.07, 6.45) is 3.67. The van der Waals surface area contributed by atoms with Crippen LogP contribution < -0.4 is 5.32 Å². The van der Waals surface area contributed by atoms with E-state index in [1.165, 1.54) is 12.7 Å². The summed E-state index contributed by atoms with van der Waals surface area (Å²) in [7, 11) is 0. The lowest BCUT2D eigenvalue weighted by atomic mass is 9.97. The number of carbonyl (C=O) groups excluding carboxylic acids is 1. The van der Waals surface area contributed by atoms with Crippen molar-refractivity contribution in [2.75, 3.05) is 19.6 Å². The Morgan fingerprint density at radius 3 is 3.05 bits per heavy atom. The molecule has 1 aromatic heterocycles. The molecule has 1 fully saturated rings. The van der Waals surface area contributed by atoms with E-state index >= 15 is 0 Å². The van der Waals surface area contributed by atoms with E-state index in [4.69, 9.17) is 16.0 Å². The lowest BCUT2D eigenvalue weighted by Crippen LogP contribution is -2.43. The van der Waals surface area contributed by atoms with Crippen LogP contribution in [-0.4, -0.2) is 36.5 Å². The molecule has 1 aromatic rings. The number of carbonyl (C=O) groups is 1. The quantitative estimate of drug-likeness (QED) is 0.925. The number of nitrogens with zero attached hydrogens (tertiary/aromatic N) is 1. The summed E-state index contributed by atoms with van der Waals surface area (Å²) in [6.45, 7) is 6.83. The molecule has 0 aliphatic carbocycles. The van der Waals surface area contributed by atoms with Gasteiger partial charge in [0, 0.05) is 19.1 Å². The lowest BCUT2D eigenvalue weighted by Gasteiger charge is -2.33. The topological polar surface area (TPSA) is 45.5 Å². The second kappa shape index (κ2) is 6.44. The maximum absolute atomic E-state index is 12.3. The Hall–Kier alpha value is -1.00. The normalized spacial score (nSPS) is 20.0. The molecule has 0 aromatic carbocycles. The third-order valence-corrected chi connectivity index (χ3v) is 3.76. The number of rotatable bonds is 4. The molecule has 0 spiro atoms. The molecule has 106 valence electrons. The monoisotopic (exact) mass is 284 g/mol. The summed E-state index contributed by atoms with van der Waals surface area (Å²) < 4.78 is 4.99. The van der Waals surface area contributed by atoms with Crippen LogP contribution in [0.5, 0.6) is 0 Å². The van der Waals surface area contributed by atoms with Gasteiger partial charge in [-0.1, -0.05) is 13.8 Å². The number of nitrogens with one attached hydrogen (secondary N) is 1. The Labute approximate surface area is 119 Å². The molecule has 1 amide bonds. The fourth-order valence-electron chi connectivity index (χ4n) is 2.44. The Balaban J connectivity index is 1.94. The molecule has 0 bridgehead atoms. The zero-order chi connectivity index (χ0) is 13.8. The van der Waals surface area contributed by atoms with E-state index in [0.717, 1.165) is 26.1 Å².